The molecule has 0 saturated carbocycles. The maximum atomic E-state index is 13.5. The number of piperazine rings is 1. The fraction of sp³-hybridized carbons (Fsp3) is 0.667. The van der Waals surface area contributed by atoms with E-state index in [0.717, 1.165) is 19.6 Å². The van der Waals surface area contributed by atoms with Gasteiger partial charge in [0.15, 0.2) is 0 Å². The summed E-state index contributed by atoms with van der Waals surface area (Å²) in [7, 11) is 0. The van der Waals surface area contributed by atoms with E-state index in [9.17, 15) is 14.6 Å². The van der Waals surface area contributed by atoms with Gasteiger partial charge in [0.2, 0.25) is 0 Å². The highest BCUT2D eigenvalue weighted by Gasteiger charge is 2.25. The van der Waals surface area contributed by atoms with Gasteiger partial charge in [0.1, 0.15) is 5.82 Å². The summed E-state index contributed by atoms with van der Waals surface area (Å²) >= 11 is 0. The predicted octanol–water partition coefficient (Wildman–Crippen LogP) is 1.09. The first-order valence-corrected chi connectivity index (χ1v) is 8.59. The van der Waals surface area contributed by atoms with E-state index in [-0.39, 0.29) is 25.1 Å². The Kier molecular flexibility index (Phi) is 7.58. The average Bonchev–Trinajstić information content (AvgIpc) is 2.51. The normalized spacial score (nSPS) is 22.5. The summed E-state index contributed by atoms with van der Waals surface area (Å²) in [6.45, 7) is 8.13. The van der Waals surface area contributed by atoms with Gasteiger partial charge >= 0.3 is 0 Å². The number of rotatable bonds is 8. The molecular weight excluding hydrogens is 311 g/mol. The van der Waals surface area contributed by atoms with Crippen LogP contribution in [0.1, 0.15) is 19.4 Å². The summed E-state index contributed by atoms with van der Waals surface area (Å²) < 4.78 is 18.9. The number of nitrogens with zero attached hydrogens (tertiary/aromatic N) is 2. The van der Waals surface area contributed by atoms with E-state index in [4.69, 9.17) is 4.74 Å². The summed E-state index contributed by atoms with van der Waals surface area (Å²) in [5, 5.41) is 19.6. The number of hydrogen-bond acceptors (Lipinski definition) is 5. The van der Waals surface area contributed by atoms with Crippen LogP contribution in [0, 0.1) is 5.82 Å². The minimum Gasteiger partial charge on any atom is -0.392 e. The van der Waals surface area contributed by atoms with Crippen molar-refractivity contribution < 1.29 is 19.3 Å². The lowest BCUT2D eigenvalue weighted by molar-refractivity contribution is -0.0119. The second-order valence-corrected chi connectivity index (χ2v) is 6.71. The molecule has 0 aromatic heterocycles. The number of β-amino-alcohol motifs (C(OH)–C–C–N with tert-alkyl or cyclic N) is 2. The fourth-order valence-electron chi connectivity index (χ4n) is 3.12. The third kappa shape index (κ3) is 6.11. The highest BCUT2D eigenvalue weighted by molar-refractivity contribution is 5.16. The Morgan fingerprint density at radius 2 is 2.00 bits per heavy atom. The van der Waals surface area contributed by atoms with Crippen molar-refractivity contribution in [1.29, 1.82) is 0 Å². The van der Waals surface area contributed by atoms with Crippen LogP contribution < -0.4 is 0 Å². The monoisotopic (exact) mass is 340 g/mol. The molecule has 136 valence electrons. The van der Waals surface area contributed by atoms with E-state index in [1.54, 1.807) is 25.1 Å². The third-order valence-electron chi connectivity index (χ3n) is 4.34. The van der Waals surface area contributed by atoms with E-state index in [2.05, 4.69) is 16.7 Å². The zero-order valence-corrected chi connectivity index (χ0v) is 14.6. The molecule has 1 saturated heterocycles. The molecule has 2 N–H and O–H groups in total. The molecule has 1 heterocycles. The number of hydrogen-bond donors (Lipinski definition) is 2. The maximum Gasteiger partial charge on any atom is 0.128 e. The van der Waals surface area contributed by atoms with Gasteiger partial charge < -0.3 is 14.9 Å². The zero-order valence-electron chi connectivity index (χ0n) is 14.6. The molecule has 0 spiro atoms. The molecule has 0 bridgehead atoms. The summed E-state index contributed by atoms with van der Waals surface area (Å²) in [4.78, 5) is 4.47. The van der Waals surface area contributed by atoms with Crippen LogP contribution in [0.3, 0.4) is 0 Å². The van der Waals surface area contributed by atoms with Crippen molar-refractivity contribution in [1.82, 2.24) is 9.80 Å². The van der Waals surface area contributed by atoms with Crippen LogP contribution >= 0.6 is 0 Å². The van der Waals surface area contributed by atoms with E-state index >= 15 is 0 Å². The minimum absolute atomic E-state index is 0.169. The highest BCUT2D eigenvalue weighted by Crippen LogP contribution is 2.11. The molecule has 2 rings (SSSR count). The molecule has 0 aliphatic carbocycles. The molecule has 6 heteroatoms. The second kappa shape index (κ2) is 9.44. The lowest BCUT2D eigenvalue weighted by Gasteiger charge is -2.41. The topological polar surface area (TPSA) is 56.2 Å². The van der Waals surface area contributed by atoms with Crippen molar-refractivity contribution >= 4 is 0 Å². The van der Waals surface area contributed by atoms with E-state index in [0.29, 0.717) is 24.7 Å². The van der Waals surface area contributed by atoms with E-state index in [1.165, 1.54) is 6.07 Å². The first-order chi connectivity index (χ1) is 11.5. The highest BCUT2D eigenvalue weighted by atomic mass is 19.1. The Bertz CT molecular complexity index is 501. The average molecular weight is 340 g/mol. The molecule has 1 aromatic rings. The third-order valence-corrected chi connectivity index (χ3v) is 4.34. The van der Waals surface area contributed by atoms with Crippen molar-refractivity contribution in [3.8, 4) is 0 Å². The Morgan fingerprint density at radius 1 is 1.25 bits per heavy atom. The van der Waals surface area contributed by atoms with E-state index in [1.807, 2.05) is 0 Å². The predicted molar refractivity (Wildman–Crippen MR) is 91.2 cm³/mol. The Labute approximate surface area is 143 Å². The number of halogens is 1. The second-order valence-electron chi connectivity index (χ2n) is 6.71. The minimum atomic E-state index is -0.590. The van der Waals surface area contributed by atoms with Gasteiger partial charge in [0.25, 0.3) is 0 Å². The van der Waals surface area contributed by atoms with Crippen LogP contribution in [0.25, 0.3) is 0 Å². The Balaban J connectivity index is 1.68. The van der Waals surface area contributed by atoms with Crippen LogP contribution in [0.5, 0.6) is 0 Å². The van der Waals surface area contributed by atoms with Crippen LogP contribution in [0.15, 0.2) is 24.3 Å². The number of ether oxygens (including phenoxy) is 1. The van der Waals surface area contributed by atoms with Gasteiger partial charge in [-0.25, -0.2) is 4.39 Å². The van der Waals surface area contributed by atoms with Crippen molar-refractivity contribution in [3.05, 3.63) is 35.6 Å². The Hall–Kier alpha value is -1.05. The van der Waals surface area contributed by atoms with E-state index < -0.39 is 6.10 Å². The van der Waals surface area contributed by atoms with Gasteiger partial charge in [-0.05, 0) is 19.9 Å². The van der Waals surface area contributed by atoms with Crippen LogP contribution in [0.4, 0.5) is 4.39 Å². The largest absolute Gasteiger partial charge is 0.392 e. The number of aliphatic hydroxyl groups is 2. The number of aliphatic hydroxyl groups excluding tert-OH is 2. The molecular formula is C18H29FN2O3. The lowest BCUT2D eigenvalue weighted by Crippen LogP contribution is -2.54. The van der Waals surface area contributed by atoms with Crippen molar-refractivity contribution in [2.24, 2.45) is 0 Å². The Morgan fingerprint density at radius 3 is 2.67 bits per heavy atom. The van der Waals surface area contributed by atoms with Crippen molar-refractivity contribution in [2.75, 3.05) is 39.3 Å². The quantitative estimate of drug-likeness (QED) is 0.742. The van der Waals surface area contributed by atoms with Crippen molar-refractivity contribution in [3.63, 3.8) is 0 Å². The molecule has 1 aromatic carbocycles. The van der Waals surface area contributed by atoms with Gasteiger partial charge in [-0.3, -0.25) is 9.80 Å². The molecule has 0 amide bonds. The maximum absolute atomic E-state index is 13.5. The van der Waals surface area contributed by atoms with Crippen LogP contribution in [-0.2, 0) is 11.3 Å². The van der Waals surface area contributed by atoms with Gasteiger partial charge in [-0.2, -0.15) is 0 Å². The molecule has 3 unspecified atom stereocenters. The molecule has 0 radical (unpaired) electrons. The van der Waals surface area contributed by atoms with Gasteiger partial charge in [0, 0.05) is 44.3 Å². The van der Waals surface area contributed by atoms with Gasteiger partial charge in [0.05, 0.1) is 25.4 Å². The fourth-order valence-corrected chi connectivity index (χ4v) is 3.12. The summed E-state index contributed by atoms with van der Waals surface area (Å²) in [6, 6.07) is 6.85. The molecule has 24 heavy (non-hydrogen) atoms. The first-order valence-electron chi connectivity index (χ1n) is 8.59. The summed E-state index contributed by atoms with van der Waals surface area (Å²) in [5.74, 6) is -0.282. The molecule has 1 aliphatic heterocycles. The smallest absolute Gasteiger partial charge is 0.128 e. The van der Waals surface area contributed by atoms with Gasteiger partial charge in [-0.15, -0.1) is 0 Å². The number of benzene rings is 1. The molecule has 3 atom stereocenters. The van der Waals surface area contributed by atoms with Crippen LogP contribution in [0.2, 0.25) is 0 Å². The van der Waals surface area contributed by atoms with Gasteiger partial charge in [-0.1, -0.05) is 18.2 Å². The van der Waals surface area contributed by atoms with Crippen LogP contribution in [-0.4, -0.2) is 77.6 Å². The SMILES string of the molecule is CC(O)CN1CCN(CC(O)COCc2ccccc2F)CC1C. The molecule has 5 nitrogen and oxygen atoms in total. The molecule has 1 aliphatic rings. The zero-order chi connectivity index (χ0) is 17.5. The standard InChI is InChI=1S/C18H29FN2O3/c1-14-9-20(7-8-21(14)10-15(2)22)11-17(23)13-24-12-16-5-3-4-6-18(16)19/h3-6,14-15,17,22-23H,7-13H2,1-2H3. The summed E-state index contributed by atoms with van der Waals surface area (Å²) in [5.41, 5.74) is 0.505. The van der Waals surface area contributed by atoms with Crippen molar-refractivity contribution in [2.45, 2.75) is 38.7 Å². The lowest BCUT2D eigenvalue weighted by atomic mass is 10.1. The molecule has 1 fully saturated rings. The first kappa shape index (κ1) is 19.3. The summed E-state index contributed by atoms with van der Waals surface area (Å²) in [6.07, 6.45) is -0.913.